The van der Waals surface area contributed by atoms with Crippen molar-refractivity contribution >= 4 is 0 Å². The van der Waals surface area contributed by atoms with E-state index in [4.69, 9.17) is 5.11 Å². The fraction of sp³-hybridized carbons (Fsp3) is 1.00. The van der Waals surface area contributed by atoms with Gasteiger partial charge in [0.1, 0.15) is 0 Å². The van der Waals surface area contributed by atoms with E-state index in [1.54, 1.807) is 0 Å². The molecular formula is C10H21NO. The Balaban J connectivity index is 2.11. The molecule has 1 fully saturated rings. The third kappa shape index (κ3) is 3.11. The van der Waals surface area contributed by atoms with Gasteiger partial charge in [-0.05, 0) is 46.0 Å². The van der Waals surface area contributed by atoms with Gasteiger partial charge in [-0.2, -0.15) is 0 Å². The van der Waals surface area contributed by atoms with E-state index in [1.165, 1.54) is 19.3 Å². The molecule has 0 bridgehead atoms. The van der Waals surface area contributed by atoms with Crippen molar-refractivity contribution in [3.05, 3.63) is 0 Å². The minimum atomic E-state index is 0.343. The lowest BCUT2D eigenvalue weighted by atomic mass is 10.0. The smallest absolute Gasteiger partial charge is 0.0431 e. The maximum atomic E-state index is 8.62. The molecule has 0 amide bonds. The molecule has 0 spiro atoms. The van der Waals surface area contributed by atoms with Gasteiger partial charge in [0, 0.05) is 18.2 Å². The monoisotopic (exact) mass is 171 g/mol. The first kappa shape index (κ1) is 10.0. The van der Waals surface area contributed by atoms with E-state index in [-0.39, 0.29) is 0 Å². The average Bonchev–Trinajstić information content (AvgIpc) is 2.31. The number of hydrogen-bond acceptors (Lipinski definition) is 2. The largest absolute Gasteiger partial charge is 0.396 e. The van der Waals surface area contributed by atoms with Gasteiger partial charge in [-0.1, -0.05) is 0 Å². The summed E-state index contributed by atoms with van der Waals surface area (Å²) in [7, 11) is 0. The van der Waals surface area contributed by atoms with Crippen molar-refractivity contribution in [3.8, 4) is 0 Å². The van der Waals surface area contributed by atoms with E-state index in [0.717, 1.165) is 12.8 Å². The minimum absolute atomic E-state index is 0.343. The molecule has 0 aromatic carbocycles. The Morgan fingerprint density at radius 1 is 1.42 bits per heavy atom. The number of aliphatic hydroxyl groups excluding tert-OH is 1. The summed E-state index contributed by atoms with van der Waals surface area (Å²) in [6, 6.07) is 0.701. The molecule has 12 heavy (non-hydrogen) atoms. The summed E-state index contributed by atoms with van der Waals surface area (Å²) in [4.78, 5) is 0. The van der Waals surface area contributed by atoms with Crippen LogP contribution in [-0.2, 0) is 0 Å². The Morgan fingerprint density at radius 2 is 2.17 bits per heavy atom. The van der Waals surface area contributed by atoms with Crippen molar-refractivity contribution in [3.63, 3.8) is 0 Å². The summed E-state index contributed by atoms with van der Waals surface area (Å²) in [5.74, 6) is 0. The summed E-state index contributed by atoms with van der Waals surface area (Å²) >= 11 is 0. The fourth-order valence-corrected chi connectivity index (χ4v) is 1.95. The lowest BCUT2D eigenvalue weighted by Crippen LogP contribution is -2.37. The Bertz CT molecular complexity index is 134. The van der Waals surface area contributed by atoms with Crippen LogP contribution in [0.3, 0.4) is 0 Å². The topological polar surface area (TPSA) is 32.3 Å². The molecule has 0 aromatic rings. The maximum Gasteiger partial charge on any atom is 0.0431 e. The zero-order valence-corrected chi connectivity index (χ0v) is 8.27. The second-order valence-corrected chi connectivity index (χ2v) is 4.48. The van der Waals surface area contributed by atoms with Crippen molar-refractivity contribution in [2.24, 2.45) is 0 Å². The first-order chi connectivity index (χ1) is 5.64. The number of unbranched alkanes of at least 4 members (excludes halogenated alkanes) is 1. The van der Waals surface area contributed by atoms with Gasteiger partial charge < -0.3 is 10.4 Å². The molecule has 2 nitrogen and oxygen atoms in total. The summed E-state index contributed by atoms with van der Waals surface area (Å²) < 4.78 is 0. The highest BCUT2D eigenvalue weighted by molar-refractivity contribution is 4.90. The lowest BCUT2D eigenvalue weighted by molar-refractivity contribution is 0.279. The van der Waals surface area contributed by atoms with Crippen LogP contribution in [-0.4, -0.2) is 23.3 Å². The van der Waals surface area contributed by atoms with Gasteiger partial charge in [-0.3, -0.25) is 0 Å². The molecule has 0 saturated carbocycles. The standard InChI is InChI=1S/C10H21NO/c1-10(2)7-6-9(11-10)5-3-4-8-12/h9,11-12H,3-8H2,1-2H3. The van der Waals surface area contributed by atoms with E-state index in [1.807, 2.05) is 0 Å². The minimum Gasteiger partial charge on any atom is -0.396 e. The van der Waals surface area contributed by atoms with E-state index in [2.05, 4.69) is 19.2 Å². The number of hydrogen-bond donors (Lipinski definition) is 2. The van der Waals surface area contributed by atoms with Gasteiger partial charge in [0.05, 0.1) is 0 Å². The molecule has 1 unspecified atom stereocenters. The van der Waals surface area contributed by atoms with Crippen LogP contribution in [0.5, 0.6) is 0 Å². The third-order valence-electron chi connectivity index (χ3n) is 2.67. The molecule has 1 rings (SSSR count). The van der Waals surface area contributed by atoms with Gasteiger partial charge >= 0.3 is 0 Å². The first-order valence-corrected chi connectivity index (χ1v) is 5.02. The van der Waals surface area contributed by atoms with E-state index in [0.29, 0.717) is 18.2 Å². The molecule has 0 aliphatic carbocycles. The fourth-order valence-electron chi connectivity index (χ4n) is 1.95. The third-order valence-corrected chi connectivity index (χ3v) is 2.67. The van der Waals surface area contributed by atoms with Gasteiger partial charge in [0.25, 0.3) is 0 Å². The predicted molar refractivity (Wildman–Crippen MR) is 51.2 cm³/mol. The molecule has 1 aliphatic heterocycles. The van der Waals surface area contributed by atoms with Crippen LogP contribution in [0.4, 0.5) is 0 Å². The van der Waals surface area contributed by atoms with Crippen molar-refractivity contribution in [1.82, 2.24) is 5.32 Å². The molecular weight excluding hydrogens is 150 g/mol. The van der Waals surface area contributed by atoms with E-state index < -0.39 is 0 Å². The van der Waals surface area contributed by atoms with Crippen molar-refractivity contribution in [2.75, 3.05) is 6.61 Å². The van der Waals surface area contributed by atoms with Gasteiger partial charge in [0.2, 0.25) is 0 Å². The van der Waals surface area contributed by atoms with Gasteiger partial charge in [-0.15, -0.1) is 0 Å². The van der Waals surface area contributed by atoms with Crippen LogP contribution < -0.4 is 5.32 Å². The van der Waals surface area contributed by atoms with Gasteiger partial charge in [-0.25, -0.2) is 0 Å². The van der Waals surface area contributed by atoms with Crippen LogP contribution in [0.1, 0.15) is 46.0 Å². The molecule has 72 valence electrons. The van der Waals surface area contributed by atoms with Crippen LogP contribution in [0, 0.1) is 0 Å². The molecule has 0 radical (unpaired) electrons. The zero-order valence-electron chi connectivity index (χ0n) is 8.27. The van der Waals surface area contributed by atoms with E-state index in [9.17, 15) is 0 Å². The highest BCUT2D eigenvalue weighted by atomic mass is 16.2. The molecule has 1 aliphatic rings. The Morgan fingerprint density at radius 3 is 2.67 bits per heavy atom. The molecule has 1 atom stereocenters. The number of aliphatic hydroxyl groups is 1. The first-order valence-electron chi connectivity index (χ1n) is 5.02. The van der Waals surface area contributed by atoms with Crippen LogP contribution in [0.25, 0.3) is 0 Å². The SMILES string of the molecule is CC1(C)CCC(CCCCO)N1. The van der Waals surface area contributed by atoms with Crippen LogP contribution >= 0.6 is 0 Å². The Labute approximate surface area is 75.4 Å². The number of rotatable bonds is 4. The van der Waals surface area contributed by atoms with Crippen molar-refractivity contribution < 1.29 is 5.11 Å². The van der Waals surface area contributed by atoms with Crippen molar-refractivity contribution in [2.45, 2.75) is 57.5 Å². The summed E-state index contributed by atoms with van der Waals surface area (Å²) in [6.07, 6.45) is 5.93. The Kier molecular flexibility index (Phi) is 3.53. The molecule has 1 heterocycles. The normalized spacial score (nSPS) is 27.8. The highest BCUT2D eigenvalue weighted by Gasteiger charge is 2.28. The predicted octanol–water partition coefficient (Wildman–Crippen LogP) is 1.68. The zero-order chi connectivity index (χ0) is 9.03. The number of nitrogens with one attached hydrogen (secondary N) is 1. The summed E-state index contributed by atoms with van der Waals surface area (Å²) in [6.45, 7) is 4.87. The molecule has 1 saturated heterocycles. The van der Waals surface area contributed by atoms with Gasteiger partial charge in [0.15, 0.2) is 0 Å². The van der Waals surface area contributed by atoms with Crippen LogP contribution in [0.15, 0.2) is 0 Å². The summed E-state index contributed by atoms with van der Waals surface area (Å²) in [5, 5.41) is 12.2. The van der Waals surface area contributed by atoms with E-state index >= 15 is 0 Å². The lowest BCUT2D eigenvalue weighted by Gasteiger charge is -2.19. The van der Waals surface area contributed by atoms with Crippen molar-refractivity contribution in [1.29, 1.82) is 0 Å². The average molecular weight is 171 g/mol. The van der Waals surface area contributed by atoms with Crippen LogP contribution in [0.2, 0.25) is 0 Å². The molecule has 2 N–H and O–H groups in total. The highest BCUT2D eigenvalue weighted by Crippen LogP contribution is 2.24. The molecule has 2 heteroatoms. The quantitative estimate of drug-likeness (QED) is 0.631. The second kappa shape index (κ2) is 4.24. The second-order valence-electron chi connectivity index (χ2n) is 4.48. The maximum absolute atomic E-state index is 8.62. The molecule has 0 aromatic heterocycles. The summed E-state index contributed by atoms with van der Waals surface area (Å²) in [5.41, 5.74) is 0.351. The Hall–Kier alpha value is -0.0800.